The molecule has 8 rings (SSSR count). The lowest BCUT2D eigenvalue weighted by atomic mass is 10.0. The second kappa shape index (κ2) is 30.0. The Bertz CT molecular complexity index is 2350. The van der Waals surface area contributed by atoms with E-state index in [9.17, 15) is 24.0 Å². The van der Waals surface area contributed by atoms with Gasteiger partial charge in [0.1, 0.15) is 55.7 Å². The largest absolute Gasteiger partial charge is 0.490 e. The molecule has 2 atom stereocenters. The number of hydrogen-bond donors (Lipinski definition) is 0. The molecule has 4 aliphatic rings. The third kappa shape index (κ3) is 19.2. The number of rotatable bonds is 12. The van der Waals surface area contributed by atoms with E-state index in [2.05, 4.69) is 9.97 Å². The maximum Gasteiger partial charge on any atom is 0.410 e. The summed E-state index contributed by atoms with van der Waals surface area (Å²) in [4.78, 5) is 80.1. The highest BCUT2D eigenvalue weighted by molar-refractivity contribution is 5.85. The van der Waals surface area contributed by atoms with Gasteiger partial charge >= 0.3 is 30.5 Å². The van der Waals surface area contributed by atoms with E-state index in [0.717, 1.165) is 30.4 Å². The minimum Gasteiger partial charge on any atom is -0.490 e. The fraction of sp³-hybridized carbons (Fsp3) is 0.500. The molecule has 0 saturated carbocycles. The molecule has 0 spiro atoms. The smallest absolute Gasteiger partial charge is 0.410 e. The number of hydrogen-bond acceptors (Lipinski definition) is 14. The topological polar surface area (TPSA) is 192 Å². The molecular formula is C54H71Cl2N7O12. The van der Waals surface area contributed by atoms with Gasteiger partial charge in [0.05, 0.1) is 24.5 Å². The molecule has 0 N–H and O–H groups in total. The molecule has 6 heterocycles. The minimum atomic E-state index is -0.627. The summed E-state index contributed by atoms with van der Waals surface area (Å²) in [7, 11) is 0. The van der Waals surface area contributed by atoms with E-state index < -0.39 is 23.8 Å². The molecular weight excluding hydrogens is 1010 g/mol. The summed E-state index contributed by atoms with van der Waals surface area (Å²) >= 11 is 0. The fourth-order valence-corrected chi connectivity index (χ4v) is 8.75. The summed E-state index contributed by atoms with van der Waals surface area (Å²) in [6.07, 6.45) is 9.36. The van der Waals surface area contributed by atoms with Crippen molar-refractivity contribution >= 4 is 55.3 Å². The SMILES string of the molecule is CC(C)(C)OC(=O)N1CCN(C(=O)OC2CCN(C(=O)OCc3ccccc3)CC2)C(COc2cccnc2)C1.Cl.Cl.O=C(OCc1ccccc1)N1CCC(OC(=O)N2CCCCC2COc2cccnc2)CC1. The van der Waals surface area contributed by atoms with Crippen molar-refractivity contribution in [3.8, 4) is 11.5 Å². The number of halogens is 2. The van der Waals surface area contributed by atoms with Crippen LogP contribution in [0.25, 0.3) is 0 Å². The molecule has 4 fully saturated rings. The first-order valence-electron chi connectivity index (χ1n) is 25.3. The second-order valence-electron chi connectivity index (χ2n) is 19.3. The van der Waals surface area contributed by atoms with Crippen molar-refractivity contribution < 1.29 is 57.1 Å². The van der Waals surface area contributed by atoms with Crippen molar-refractivity contribution in [3.05, 3.63) is 121 Å². The summed E-state index contributed by atoms with van der Waals surface area (Å²) in [5.41, 5.74) is 1.25. The average molecular weight is 1080 g/mol. The molecule has 4 aromatic rings. The predicted octanol–water partition coefficient (Wildman–Crippen LogP) is 9.42. The molecule has 21 heteroatoms. The number of carbonyl (C=O) groups excluding carboxylic acids is 5. The number of amides is 5. The molecule has 75 heavy (non-hydrogen) atoms. The number of piperidine rings is 3. The van der Waals surface area contributed by atoms with Crippen LogP contribution in [0.1, 0.15) is 76.8 Å². The maximum atomic E-state index is 13.3. The Kier molecular flexibility index (Phi) is 23.6. The van der Waals surface area contributed by atoms with Gasteiger partial charge in [-0.3, -0.25) is 14.9 Å². The average Bonchev–Trinajstić information content (AvgIpc) is 3.41. The molecule has 0 aliphatic carbocycles. The van der Waals surface area contributed by atoms with Gasteiger partial charge in [-0.1, -0.05) is 60.7 Å². The summed E-state index contributed by atoms with van der Waals surface area (Å²) in [5.74, 6) is 1.26. The number of aromatic nitrogens is 2. The number of pyridine rings is 2. The van der Waals surface area contributed by atoms with Crippen molar-refractivity contribution in [2.75, 3.05) is 65.6 Å². The molecule has 4 saturated heterocycles. The Morgan fingerprint density at radius 2 is 0.973 bits per heavy atom. The van der Waals surface area contributed by atoms with E-state index in [0.29, 0.717) is 83.1 Å². The normalized spacial score (nSPS) is 18.1. The molecule has 2 unspecified atom stereocenters. The first-order valence-corrected chi connectivity index (χ1v) is 25.3. The van der Waals surface area contributed by atoms with Gasteiger partial charge in [-0.05, 0) is 75.4 Å². The van der Waals surface area contributed by atoms with Crippen LogP contribution in [-0.4, -0.2) is 160 Å². The van der Waals surface area contributed by atoms with Crippen LogP contribution in [0.15, 0.2) is 110 Å². The van der Waals surface area contributed by atoms with Crippen molar-refractivity contribution in [1.82, 2.24) is 34.5 Å². The maximum absolute atomic E-state index is 13.3. The van der Waals surface area contributed by atoms with Crippen molar-refractivity contribution in [3.63, 3.8) is 0 Å². The molecule has 2 aromatic heterocycles. The number of likely N-dealkylation sites (tertiary alicyclic amines) is 3. The lowest BCUT2D eigenvalue weighted by molar-refractivity contribution is -0.0172. The number of piperazine rings is 1. The quantitative estimate of drug-likeness (QED) is 0.122. The standard InChI is InChI=1S/C29H38N4O7.C25H31N3O5.2ClH/c1-29(2,3)40-27(35)32-16-17-33(23(19-32)21-37-25-10-7-13-30-18-25)28(36)39-24-11-14-31(15-12-24)26(34)38-20-22-8-5-4-6-9-22;29-24(32-18-20-7-2-1-3-8-20)27-15-11-22(12-16-27)33-25(30)28-14-5-4-9-21(28)19-31-23-10-6-13-26-17-23;;/h4-10,13,18,23-24H,11-12,14-17,19-21H2,1-3H3;1-3,6-8,10,13,17,21-22H,4-5,9,11-12,14-16,18-19H2;2*1H. The van der Waals surface area contributed by atoms with E-state index in [-0.39, 0.29) is 94.3 Å². The van der Waals surface area contributed by atoms with E-state index in [4.69, 9.17) is 33.2 Å². The summed E-state index contributed by atoms with van der Waals surface area (Å²) in [6, 6.07) is 25.9. The molecule has 5 amide bonds. The van der Waals surface area contributed by atoms with Gasteiger partial charge in [0, 0.05) is 90.4 Å². The first kappa shape index (κ1) is 59.2. The number of ether oxygens (including phenoxy) is 7. The van der Waals surface area contributed by atoms with E-state index in [1.807, 2.05) is 93.6 Å². The zero-order valence-corrected chi connectivity index (χ0v) is 44.6. The van der Waals surface area contributed by atoms with Crippen LogP contribution in [0.4, 0.5) is 24.0 Å². The Hall–Kier alpha value is -6.73. The van der Waals surface area contributed by atoms with Crippen LogP contribution in [-0.2, 0) is 36.9 Å². The molecule has 2 aromatic carbocycles. The summed E-state index contributed by atoms with van der Waals surface area (Å²) in [6.45, 7) is 9.91. The second-order valence-corrected chi connectivity index (χ2v) is 19.3. The fourth-order valence-electron chi connectivity index (χ4n) is 8.75. The number of benzene rings is 2. The first-order chi connectivity index (χ1) is 35.4. The van der Waals surface area contributed by atoms with Crippen molar-refractivity contribution in [2.24, 2.45) is 0 Å². The lowest BCUT2D eigenvalue weighted by Gasteiger charge is -2.41. The minimum absolute atomic E-state index is 0. The highest BCUT2D eigenvalue weighted by atomic mass is 35.5. The van der Waals surface area contributed by atoms with Gasteiger partial charge in [-0.25, -0.2) is 24.0 Å². The highest BCUT2D eigenvalue weighted by Crippen LogP contribution is 2.24. The van der Waals surface area contributed by atoms with Crippen LogP contribution in [0, 0.1) is 0 Å². The summed E-state index contributed by atoms with van der Waals surface area (Å²) < 4.78 is 39.8. The Balaban J connectivity index is 0.000000275. The lowest BCUT2D eigenvalue weighted by Crippen LogP contribution is -2.59. The zero-order chi connectivity index (χ0) is 51.4. The van der Waals surface area contributed by atoms with Crippen LogP contribution >= 0.6 is 24.8 Å². The van der Waals surface area contributed by atoms with Crippen LogP contribution in [0.2, 0.25) is 0 Å². The van der Waals surface area contributed by atoms with Gasteiger partial charge in [0.15, 0.2) is 0 Å². The highest BCUT2D eigenvalue weighted by Gasteiger charge is 2.38. The summed E-state index contributed by atoms with van der Waals surface area (Å²) in [5, 5.41) is 0. The van der Waals surface area contributed by atoms with Gasteiger partial charge in [-0.15, -0.1) is 24.8 Å². The third-order valence-electron chi connectivity index (χ3n) is 12.7. The molecule has 0 bridgehead atoms. The van der Waals surface area contributed by atoms with Crippen LogP contribution in [0.3, 0.4) is 0 Å². The third-order valence-corrected chi connectivity index (χ3v) is 12.7. The van der Waals surface area contributed by atoms with E-state index in [1.54, 1.807) is 61.4 Å². The molecule has 0 radical (unpaired) electrons. The van der Waals surface area contributed by atoms with E-state index >= 15 is 0 Å². The Labute approximate surface area is 451 Å². The van der Waals surface area contributed by atoms with Crippen LogP contribution in [0.5, 0.6) is 11.5 Å². The Morgan fingerprint density at radius 1 is 0.507 bits per heavy atom. The van der Waals surface area contributed by atoms with Gasteiger partial charge in [-0.2, -0.15) is 0 Å². The monoisotopic (exact) mass is 1080 g/mol. The number of nitrogens with zero attached hydrogens (tertiary/aromatic N) is 7. The molecule has 19 nitrogen and oxygen atoms in total. The zero-order valence-electron chi connectivity index (χ0n) is 43.0. The van der Waals surface area contributed by atoms with Gasteiger partial charge < -0.3 is 52.8 Å². The predicted molar refractivity (Wildman–Crippen MR) is 282 cm³/mol. The molecule has 408 valence electrons. The number of carbonyl (C=O) groups is 5. The van der Waals surface area contributed by atoms with E-state index in [1.165, 1.54) is 0 Å². The molecule has 4 aliphatic heterocycles. The van der Waals surface area contributed by atoms with Crippen molar-refractivity contribution in [1.29, 1.82) is 0 Å². The van der Waals surface area contributed by atoms with Crippen LogP contribution < -0.4 is 9.47 Å². The van der Waals surface area contributed by atoms with Gasteiger partial charge in [0.25, 0.3) is 0 Å². The Morgan fingerprint density at radius 3 is 1.43 bits per heavy atom. The van der Waals surface area contributed by atoms with Crippen molar-refractivity contribution in [2.45, 2.75) is 109 Å². The van der Waals surface area contributed by atoms with Gasteiger partial charge in [0.2, 0.25) is 0 Å².